The number of imide groups is 1. The lowest BCUT2D eigenvalue weighted by atomic mass is 10.1. The van der Waals surface area contributed by atoms with E-state index >= 15 is 0 Å². The highest BCUT2D eigenvalue weighted by Crippen LogP contribution is 2.27. The van der Waals surface area contributed by atoms with Crippen LogP contribution in [0.3, 0.4) is 0 Å². The molecule has 0 aromatic heterocycles. The van der Waals surface area contributed by atoms with Gasteiger partial charge in [-0.25, -0.2) is 0 Å². The fourth-order valence-corrected chi connectivity index (χ4v) is 3.14. The number of hydrogen-bond acceptors (Lipinski definition) is 6. The first-order valence-electron chi connectivity index (χ1n) is 8.41. The topological polar surface area (TPSA) is 125 Å². The van der Waals surface area contributed by atoms with Crippen LogP contribution in [0.1, 0.15) is 27.1 Å². The molecule has 3 rings (SSSR count). The van der Waals surface area contributed by atoms with Crippen LogP contribution in [-0.4, -0.2) is 40.6 Å². The molecule has 0 atom stereocenters. The normalized spacial score (nSPS) is 12.5. The zero-order valence-corrected chi connectivity index (χ0v) is 15.6. The summed E-state index contributed by atoms with van der Waals surface area (Å²) in [5.41, 5.74) is -0.0271. The quantitative estimate of drug-likeness (QED) is 0.408. The lowest BCUT2D eigenvalue weighted by Crippen LogP contribution is -2.43. The summed E-state index contributed by atoms with van der Waals surface area (Å²) in [6.07, 6.45) is 0.0343. The number of carbonyl (C=O) groups excluding carboxylic acids is 3. The number of rotatable bonds is 6. The minimum atomic E-state index is -0.784. The maximum absolute atomic E-state index is 12.9. The smallest absolute Gasteiger partial charge is 0.270 e. The van der Waals surface area contributed by atoms with Gasteiger partial charge in [0.15, 0.2) is 0 Å². The van der Waals surface area contributed by atoms with Crippen molar-refractivity contribution in [3.05, 3.63) is 68.7 Å². The Hall–Kier alpha value is -3.77. The lowest BCUT2D eigenvalue weighted by molar-refractivity contribution is -0.384. The molecule has 2 aromatic rings. The molecule has 1 aliphatic heterocycles. The van der Waals surface area contributed by atoms with Crippen molar-refractivity contribution in [2.75, 3.05) is 18.0 Å². The minimum Gasteiger partial charge on any atom is -0.310 e. The second kappa shape index (κ2) is 8.08. The van der Waals surface area contributed by atoms with E-state index in [1.165, 1.54) is 17.0 Å². The van der Waals surface area contributed by atoms with Gasteiger partial charge in [-0.3, -0.25) is 29.4 Å². The predicted molar refractivity (Wildman–Crippen MR) is 102 cm³/mol. The first-order chi connectivity index (χ1) is 13.8. The Labute approximate surface area is 169 Å². The molecule has 9 nitrogen and oxygen atoms in total. The Morgan fingerprint density at radius 1 is 1.17 bits per heavy atom. The van der Waals surface area contributed by atoms with Crippen LogP contribution in [0, 0.1) is 21.4 Å². The average Bonchev–Trinajstić information content (AvgIpc) is 2.93. The number of amides is 3. The SMILES string of the molecule is N#CCCN(C(=O)CN1C(=O)c2ccc([N+](=O)[O-])cc2C1=O)c1cccc(Cl)c1. The van der Waals surface area contributed by atoms with Gasteiger partial charge in [-0.1, -0.05) is 17.7 Å². The maximum atomic E-state index is 12.9. The van der Waals surface area contributed by atoms with Gasteiger partial charge < -0.3 is 4.90 Å². The number of fused-ring (bicyclic) bond motifs is 1. The van der Waals surface area contributed by atoms with Crippen molar-refractivity contribution in [1.29, 1.82) is 5.26 Å². The first-order valence-corrected chi connectivity index (χ1v) is 8.79. The highest BCUT2D eigenvalue weighted by Gasteiger charge is 2.38. The van der Waals surface area contributed by atoms with E-state index < -0.39 is 29.2 Å². The number of non-ortho nitro benzene ring substituents is 1. The van der Waals surface area contributed by atoms with Gasteiger partial charge in [0, 0.05) is 29.4 Å². The highest BCUT2D eigenvalue weighted by molar-refractivity contribution is 6.31. The molecule has 1 aliphatic rings. The Balaban J connectivity index is 1.86. The van der Waals surface area contributed by atoms with Crippen LogP contribution in [0.5, 0.6) is 0 Å². The number of nitrogens with zero attached hydrogens (tertiary/aromatic N) is 4. The van der Waals surface area contributed by atoms with Crippen LogP contribution in [0.4, 0.5) is 11.4 Å². The van der Waals surface area contributed by atoms with Crippen LogP contribution in [0.2, 0.25) is 5.02 Å². The predicted octanol–water partition coefficient (Wildman–Crippen LogP) is 2.79. The van der Waals surface area contributed by atoms with Gasteiger partial charge in [-0.05, 0) is 24.3 Å². The molecule has 0 unspecified atom stereocenters. The maximum Gasteiger partial charge on any atom is 0.270 e. The van der Waals surface area contributed by atoms with Crippen LogP contribution in [-0.2, 0) is 4.79 Å². The largest absolute Gasteiger partial charge is 0.310 e. The van der Waals surface area contributed by atoms with E-state index in [0.717, 1.165) is 17.0 Å². The van der Waals surface area contributed by atoms with Crippen LogP contribution in [0.25, 0.3) is 0 Å². The van der Waals surface area contributed by atoms with Crippen LogP contribution < -0.4 is 4.90 Å². The van der Waals surface area contributed by atoms with Crippen molar-refractivity contribution >= 4 is 40.7 Å². The van der Waals surface area contributed by atoms with Crippen molar-refractivity contribution in [1.82, 2.24) is 4.90 Å². The molecule has 0 saturated heterocycles. The second-order valence-corrected chi connectivity index (χ2v) is 6.55. The van der Waals surface area contributed by atoms with Gasteiger partial charge in [0.25, 0.3) is 17.5 Å². The van der Waals surface area contributed by atoms with Gasteiger partial charge in [0.2, 0.25) is 5.91 Å². The average molecular weight is 413 g/mol. The highest BCUT2D eigenvalue weighted by atomic mass is 35.5. The Kier molecular flexibility index (Phi) is 5.57. The fourth-order valence-electron chi connectivity index (χ4n) is 2.96. The molecule has 0 N–H and O–H groups in total. The standard InChI is InChI=1S/C19H13ClN4O5/c20-12-3-1-4-13(9-12)22(8-2-7-21)17(25)11-23-18(26)15-6-5-14(24(28)29)10-16(15)19(23)27/h1,3-6,9-10H,2,8,11H2. The third-order valence-corrected chi connectivity index (χ3v) is 4.56. The van der Waals surface area contributed by atoms with Gasteiger partial charge >= 0.3 is 0 Å². The lowest BCUT2D eigenvalue weighted by Gasteiger charge is -2.24. The number of hydrogen-bond donors (Lipinski definition) is 0. The molecule has 2 aromatic carbocycles. The molecule has 146 valence electrons. The number of halogens is 1. The molecule has 0 saturated carbocycles. The van der Waals surface area contributed by atoms with E-state index in [0.29, 0.717) is 10.7 Å². The van der Waals surface area contributed by atoms with Crippen LogP contribution in [0.15, 0.2) is 42.5 Å². The number of carbonyl (C=O) groups is 3. The molecular weight excluding hydrogens is 400 g/mol. The second-order valence-electron chi connectivity index (χ2n) is 6.12. The summed E-state index contributed by atoms with van der Waals surface area (Å²) in [7, 11) is 0. The molecule has 0 spiro atoms. The van der Waals surface area contributed by atoms with E-state index in [-0.39, 0.29) is 29.8 Å². The van der Waals surface area contributed by atoms with Crippen LogP contribution >= 0.6 is 11.6 Å². The number of nitro benzene ring substituents is 1. The molecule has 3 amide bonds. The molecule has 0 fully saturated rings. The van der Waals surface area contributed by atoms with Gasteiger partial charge in [0.05, 0.1) is 28.5 Å². The number of benzene rings is 2. The molecule has 1 heterocycles. The van der Waals surface area contributed by atoms with Gasteiger partial charge in [0.1, 0.15) is 6.54 Å². The number of nitriles is 1. The fraction of sp³-hybridized carbons (Fsp3) is 0.158. The van der Waals surface area contributed by atoms with Crippen molar-refractivity contribution in [3.8, 4) is 6.07 Å². The third-order valence-electron chi connectivity index (χ3n) is 4.33. The van der Waals surface area contributed by atoms with Crippen molar-refractivity contribution in [2.24, 2.45) is 0 Å². The van der Waals surface area contributed by atoms with E-state index in [1.807, 2.05) is 6.07 Å². The van der Waals surface area contributed by atoms with Crippen molar-refractivity contribution in [2.45, 2.75) is 6.42 Å². The minimum absolute atomic E-state index is 0.000250. The Morgan fingerprint density at radius 3 is 2.55 bits per heavy atom. The molecule has 0 aliphatic carbocycles. The zero-order valence-electron chi connectivity index (χ0n) is 14.9. The van der Waals surface area contributed by atoms with E-state index in [9.17, 15) is 24.5 Å². The number of anilines is 1. The molecular formula is C19H13ClN4O5. The van der Waals surface area contributed by atoms with E-state index in [4.69, 9.17) is 16.9 Å². The summed E-state index contributed by atoms with van der Waals surface area (Å²) >= 11 is 5.97. The summed E-state index contributed by atoms with van der Waals surface area (Å²) in [5, 5.41) is 20.2. The monoisotopic (exact) mass is 412 g/mol. The molecule has 0 radical (unpaired) electrons. The van der Waals surface area contributed by atoms with Gasteiger partial charge in [-0.2, -0.15) is 5.26 Å². The molecule has 0 bridgehead atoms. The van der Waals surface area contributed by atoms with E-state index in [1.54, 1.807) is 18.2 Å². The summed E-state index contributed by atoms with van der Waals surface area (Å²) < 4.78 is 0. The zero-order chi connectivity index (χ0) is 21.1. The molecule has 10 heteroatoms. The Morgan fingerprint density at radius 2 is 1.90 bits per heavy atom. The van der Waals surface area contributed by atoms with E-state index in [2.05, 4.69) is 0 Å². The summed E-state index contributed by atoms with van der Waals surface area (Å²) in [6, 6.07) is 11.7. The Bertz CT molecular complexity index is 1080. The summed E-state index contributed by atoms with van der Waals surface area (Å²) in [5.74, 6) is -2.08. The molecule has 29 heavy (non-hydrogen) atoms. The number of nitro groups is 1. The third kappa shape index (κ3) is 3.93. The van der Waals surface area contributed by atoms with Crippen molar-refractivity contribution in [3.63, 3.8) is 0 Å². The van der Waals surface area contributed by atoms with Gasteiger partial charge in [-0.15, -0.1) is 0 Å². The first kappa shape index (κ1) is 20.0. The van der Waals surface area contributed by atoms with Crippen molar-refractivity contribution < 1.29 is 19.3 Å². The summed E-state index contributed by atoms with van der Waals surface area (Å²) in [6.45, 7) is -0.525. The summed E-state index contributed by atoms with van der Waals surface area (Å²) in [4.78, 5) is 50.2.